The molecule has 6 heteroatoms. The first-order valence-corrected chi connectivity index (χ1v) is 16.6. The van der Waals surface area contributed by atoms with Gasteiger partial charge in [-0.15, -0.1) is 0 Å². The molecule has 0 spiro atoms. The van der Waals surface area contributed by atoms with E-state index in [1.54, 1.807) is 6.07 Å². The van der Waals surface area contributed by atoms with Gasteiger partial charge >= 0.3 is 0 Å². The lowest BCUT2D eigenvalue weighted by Gasteiger charge is -2.33. The number of benzene rings is 4. The first kappa shape index (κ1) is 30.7. The fourth-order valence-electron chi connectivity index (χ4n) is 7.63. The lowest BCUT2D eigenvalue weighted by molar-refractivity contribution is -0.122. The Bertz CT molecular complexity index is 1830. The highest BCUT2D eigenvalue weighted by molar-refractivity contribution is 6.22. The quantitative estimate of drug-likeness (QED) is 0.111. The van der Waals surface area contributed by atoms with Crippen LogP contribution in [0.3, 0.4) is 0 Å². The van der Waals surface area contributed by atoms with E-state index in [2.05, 4.69) is 37.4 Å². The smallest absolute Gasteiger partial charge is 0.238 e. The summed E-state index contributed by atoms with van der Waals surface area (Å²) in [5.74, 6) is -0.653. The van der Waals surface area contributed by atoms with Gasteiger partial charge < -0.3 is 15.2 Å². The van der Waals surface area contributed by atoms with Crippen molar-refractivity contribution in [3.63, 3.8) is 0 Å². The van der Waals surface area contributed by atoms with Crippen LogP contribution in [0.15, 0.2) is 120 Å². The van der Waals surface area contributed by atoms with Crippen LogP contribution >= 0.6 is 0 Å². The maximum atomic E-state index is 14.1. The number of rotatable bonds is 9. The van der Waals surface area contributed by atoms with Crippen LogP contribution < -0.4 is 10.2 Å². The number of carbonyl (C=O) groups excluding carboxylic acids is 2. The monoisotopic (exact) mass is 624 g/mol. The average molecular weight is 625 g/mol. The van der Waals surface area contributed by atoms with E-state index in [4.69, 9.17) is 4.74 Å². The van der Waals surface area contributed by atoms with Gasteiger partial charge in [-0.2, -0.15) is 0 Å². The summed E-state index contributed by atoms with van der Waals surface area (Å²) < 4.78 is 6.52. The van der Waals surface area contributed by atoms with E-state index in [-0.39, 0.29) is 41.4 Å². The number of carbonyl (C=O) groups is 2. The Labute approximate surface area is 276 Å². The molecule has 2 aliphatic heterocycles. The number of nitrogens with zero attached hydrogens (tertiary/aromatic N) is 1. The number of hydrogen-bond donors (Lipinski definition) is 2. The fourth-order valence-corrected chi connectivity index (χ4v) is 7.63. The molecule has 4 atom stereocenters. The Morgan fingerprint density at radius 2 is 1.51 bits per heavy atom. The Hall–Kier alpha value is -4.94. The molecule has 0 bridgehead atoms. The van der Waals surface area contributed by atoms with Crippen molar-refractivity contribution in [2.24, 2.45) is 23.7 Å². The number of hydrogen-bond acceptors (Lipinski definition) is 5. The number of allylic oxidation sites excluding steroid dienone is 2. The Kier molecular flexibility index (Phi) is 8.52. The highest BCUT2D eigenvalue weighted by Gasteiger charge is 2.57. The summed E-state index contributed by atoms with van der Waals surface area (Å²) in [7, 11) is 0. The van der Waals surface area contributed by atoms with Crippen molar-refractivity contribution < 1.29 is 19.4 Å². The third-order valence-electron chi connectivity index (χ3n) is 9.92. The Morgan fingerprint density at radius 1 is 0.851 bits per heavy atom. The number of aromatic hydroxyl groups is 1. The third kappa shape index (κ3) is 6.01. The summed E-state index contributed by atoms with van der Waals surface area (Å²) in [6.45, 7) is 4.80. The van der Waals surface area contributed by atoms with Crippen molar-refractivity contribution in [1.29, 1.82) is 0 Å². The van der Waals surface area contributed by atoms with Crippen molar-refractivity contribution in [3.05, 3.63) is 131 Å². The molecular formula is C41H40N2O4. The zero-order valence-electron chi connectivity index (χ0n) is 26.8. The predicted molar refractivity (Wildman–Crippen MR) is 187 cm³/mol. The number of anilines is 3. The molecule has 2 N–H and O–H groups in total. The summed E-state index contributed by atoms with van der Waals surface area (Å²) in [5, 5.41) is 13.9. The number of phenolic OH excluding ortho intramolecular Hbond substituents is 1. The molecule has 4 aromatic rings. The van der Waals surface area contributed by atoms with Gasteiger partial charge in [-0.05, 0) is 90.4 Å². The normalized spacial score (nSPS) is 22.5. The number of nitrogens with one attached hydrogen (secondary N) is 1. The van der Waals surface area contributed by atoms with E-state index in [1.807, 2.05) is 91.0 Å². The standard InChI is InChI=1S/C41H40N2O4/c1-26(2)33-24-34-39(41(46)43(40(34)45)32-20-18-31(19-21-32)42-30-14-7-4-8-15-30)35-25-47-37(38(33)35)22-17-28(27-11-5-3-6-12-27)23-29-13-9-10-16-36(29)44/h3-16,18-21,23,26,34-35,37,39,42,44H,17,22,24-25H2,1-2H3/b28-23-/t34-,35+,37-,39-/m1/s1. The SMILES string of the molecule is CC(C)C1=C2[C@@H](CC/C(=C/c3ccccc3O)c3ccccc3)OC[C@@H]2[C@@H]2C(=O)N(c3ccc(Nc4ccccc4)cc3)C(=O)[C@@H]2C1. The van der Waals surface area contributed by atoms with Crippen molar-refractivity contribution in [2.75, 3.05) is 16.8 Å². The molecule has 1 aliphatic carbocycles. The van der Waals surface area contributed by atoms with Crippen LogP contribution in [0.25, 0.3) is 11.6 Å². The zero-order valence-corrected chi connectivity index (χ0v) is 26.8. The zero-order chi connectivity index (χ0) is 32.5. The highest BCUT2D eigenvalue weighted by Crippen LogP contribution is 2.52. The van der Waals surface area contributed by atoms with Gasteiger partial charge in [0.15, 0.2) is 0 Å². The minimum absolute atomic E-state index is 0.110. The van der Waals surface area contributed by atoms with Crippen LogP contribution in [0.5, 0.6) is 5.75 Å². The number of ether oxygens (including phenoxy) is 1. The van der Waals surface area contributed by atoms with Crippen LogP contribution in [0.1, 0.15) is 44.2 Å². The lowest BCUT2D eigenvalue weighted by atomic mass is 9.67. The van der Waals surface area contributed by atoms with Crippen molar-refractivity contribution in [1.82, 2.24) is 0 Å². The summed E-state index contributed by atoms with van der Waals surface area (Å²) >= 11 is 0. The first-order chi connectivity index (χ1) is 22.9. The molecular weight excluding hydrogens is 584 g/mol. The molecule has 0 aromatic heterocycles. The molecule has 47 heavy (non-hydrogen) atoms. The Morgan fingerprint density at radius 3 is 2.21 bits per heavy atom. The second-order valence-electron chi connectivity index (χ2n) is 13.1. The van der Waals surface area contributed by atoms with Crippen molar-refractivity contribution in [3.8, 4) is 5.75 Å². The van der Waals surface area contributed by atoms with E-state index in [9.17, 15) is 14.7 Å². The molecule has 2 fully saturated rings. The molecule has 2 heterocycles. The topological polar surface area (TPSA) is 78.9 Å². The number of para-hydroxylation sites is 2. The van der Waals surface area contributed by atoms with Gasteiger partial charge in [-0.1, -0.05) is 86.2 Å². The number of imide groups is 1. The summed E-state index contributed by atoms with van der Waals surface area (Å²) in [5.41, 5.74) is 7.95. The Balaban J connectivity index is 1.13. The third-order valence-corrected chi connectivity index (χ3v) is 9.92. The van der Waals surface area contributed by atoms with Gasteiger partial charge in [0.05, 0.1) is 30.2 Å². The number of phenols is 1. The molecule has 0 radical (unpaired) electrons. The van der Waals surface area contributed by atoms with Crippen molar-refractivity contribution in [2.45, 2.75) is 39.2 Å². The van der Waals surface area contributed by atoms with E-state index in [1.165, 1.54) is 16.0 Å². The molecule has 238 valence electrons. The van der Waals surface area contributed by atoms with Gasteiger partial charge in [0.2, 0.25) is 11.8 Å². The maximum absolute atomic E-state index is 14.1. The minimum Gasteiger partial charge on any atom is -0.507 e. The van der Waals surface area contributed by atoms with Gasteiger partial charge in [0.1, 0.15) is 5.75 Å². The van der Waals surface area contributed by atoms with E-state index in [0.29, 0.717) is 18.7 Å². The lowest BCUT2D eigenvalue weighted by Crippen LogP contribution is -2.35. The molecule has 3 aliphatic rings. The molecule has 0 unspecified atom stereocenters. The van der Waals surface area contributed by atoms with E-state index in [0.717, 1.165) is 40.9 Å². The second kappa shape index (κ2) is 13.0. The molecule has 7 rings (SSSR count). The molecule has 2 amide bonds. The largest absolute Gasteiger partial charge is 0.507 e. The fraction of sp³-hybridized carbons (Fsp3) is 0.268. The molecule has 6 nitrogen and oxygen atoms in total. The average Bonchev–Trinajstić information content (AvgIpc) is 3.62. The molecule has 0 saturated carbocycles. The van der Waals surface area contributed by atoms with Gasteiger partial charge in [-0.3, -0.25) is 14.5 Å². The van der Waals surface area contributed by atoms with Crippen molar-refractivity contribution >= 4 is 40.5 Å². The van der Waals surface area contributed by atoms with Crippen LogP contribution in [0.2, 0.25) is 0 Å². The molecule has 4 aromatic carbocycles. The number of fused-ring (bicyclic) bond motifs is 3. The summed E-state index contributed by atoms with van der Waals surface area (Å²) in [4.78, 5) is 29.5. The van der Waals surface area contributed by atoms with Crippen LogP contribution in [0.4, 0.5) is 17.1 Å². The van der Waals surface area contributed by atoms with E-state index >= 15 is 0 Å². The summed E-state index contributed by atoms with van der Waals surface area (Å²) in [6, 6.07) is 35.1. The van der Waals surface area contributed by atoms with E-state index < -0.39 is 5.92 Å². The first-order valence-electron chi connectivity index (χ1n) is 16.6. The summed E-state index contributed by atoms with van der Waals surface area (Å²) in [6.07, 6.45) is 4.00. The van der Waals surface area contributed by atoms with Crippen LogP contribution in [-0.4, -0.2) is 29.6 Å². The van der Waals surface area contributed by atoms with Crippen LogP contribution in [-0.2, 0) is 14.3 Å². The molecule has 2 saturated heterocycles. The van der Waals surface area contributed by atoms with Crippen LogP contribution in [0, 0.1) is 23.7 Å². The van der Waals surface area contributed by atoms with Gasteiger partial charge in [0, 0.05) is 22.9 Å². The highest BCUT2D eigenvalue weighted by atomic mass is 16.5. The number of amides is 2. The van der Waals surface area contributed by atoms with Gasteiger partial charge in [0.25, 0.3) is 0 Å². The predicted octanol–water partition coefficient (Wildman–Crippen LogP) is 8.63. The van der Waals surface area contributed by atoms with Gasteiger partial charge in [-0.25, -0.2) is 0 Å². The maximum Gasteiger partial charge on any atom is 0.238 e. The minimum atomic E-state index is -0.419. The second-order valence-corrected chi connectivity index (χ2v) is 13.1.